The van der Waals surface area contributed by atoms with E-state index < -0.39 is 0 Å². The lowest BCUT2D eigenvalue weighted by Gasteiger charge is -2.33. The van der Waals surface area contributed by atoms with Crippen LogP contribution in [0.4, 0.5) is 11.6 Å². The third-order valence-electron chi connectivity index (χ3n) is 4.08. The Bertz CT molecular complexity index is 506. The fraction of sp³-hybridized carbons (Fsp3) is 0.706. The molecule has 1 fully saturated rings. The lowest BCUT2D eigenvalue weighted by atomic mass is 9.93. The van der Waals surface area contributed by atoms with Gasteiger partial charge in [-0.05, 0) is 46.0 Å². The van der Waals surface area contributed by atoms with E-state index >= 15 is 0 Å². The second-order valence-corrected chi connectivity index (χ2v) is 6.51. The van der Waals surface area contributed by atoms with Gasteiger partial charge in [-0.1, -0.05) is 0 Å². The molecule has 1 aliphatic rings. The summed E-state index contributed by atoms with van der Waals surface area (Å²) in [6.07, 6.45) is 5.52. The molecule has 0 aromatic carbocycles. The van der Waals surface area contributed by atoms with Gasteiger partial charge in [0.15, 0.2) is 0 Å². The van der Waals surface area contributed by atoms with E-state index in [1.165, 1.54) is 6.42 Å². The molecule has 1 saturated heterocycles. The van der Waals surface area contributed by atoms with Crippen LogP contribution in [0, 0.1) is 5.92 Å². The van der Waals surface area contributed by atoms with Crippen LogP contribution in [0.1, 0.15) is 46.5 Å². The van der Waals surface area contributed by atoms with Crippen LogP contribution in [-0.2, 0) is 4.79 Å². The Labute approximate surface area is 139 Å². The van der Waals surface area contributed by atoms with Gasteiger partial charge in [0.25, 0.3) is 0 Å². The highest BCUT2D eigenvalue weighted by Gasteiger charge is 2.22. The largest absolute Gasteiger partial charge is 0.370 e. The quantitative estimate of drug-likeness (QED) is 0.808. The molecule has 2 rings (SSSR count). The van der Waals surface area contributed by atoms with Gasteiger partial charge < -0.3 is 15.5 Å². The molecule has 128 valence electrons. The molecule has 1 amide bonds. The van der Waals surface area contributed by atoms with E-state index in [0.29, 0.717) is 12.3 Å². The Kier molecular flexibility index (Phi) is 6.62. The topological polar surface area (TPSA) is 70.2 Å². The van der Waals surface area contributed by atoms with Crippen molar-refractivity contribution < 1.29 is 4.79 Å². The van der Waals surface area contributed by atoms with Crippen molar-refractivity contribution in [3.63, 3.8) is 0 Å². The molecule has 0 saturated carbocycles. The number of hydrogen-bond donors (Lipinski definition) is 2. The van der Waals surface area contributed by atoms with Gasteiger partial charge in [0.1, 0.15) is 18.0 Å². The smallest absolute Gasteiger partial charge is 0.220 e. The minimum Gasteiger partial charge on any atom is -0.370 e. The van der Waals surface area contributed by atoms with Crippen LogP contribution in [0.5, 0.6) is 0 Å². The Morgan fingerprint density at radius 2 is 2.26 bits per heavy atom. The molecule has 2 N–H and O–H groups in total. The summed E-state index contributed by atoms with van der Waals surface area (Å²) in [5, 5.41) is 6.19. The predicted octanol–water partition coefficient (Wildman–Crippen LogP) is 2.43. The maximum Gasteiger partial charge on any atom is 0.220 e. The van der Waals surface area contributed by atoms with Crippen LogP contribution in [0.3, 0.4) is 0 Å². The van der Waals surface area contributed by atoms with E-state index in [4.69, 9.17) is 0 Å². The van der Waals surface area contributed by atoms with Crippen molar-refractivity contribution in [2.75, 3.05) is 29.9 Å². The molecule has 1 aromatic rings. The van der Waals surface area contributed by atoms with Crippen molar-refractivity contribution in [1.82, 2.24) is 15.3 Å². The predicted molar refractivity (Wildman–Crippen MR) is 93.6 cm³/mol. The third kappa shape index (κ3) is 5.69. The van der Waals surface area contributed by atoms with E-state index in [1.54, 1.807) is 6.33 Å². The Morgan fingerprint density at radius 1 is 1.43 bits per heavy atom. The zero-order chi connectivity index (χ0) is 16.7. The van der Waals surface area contributed by atoms with Gasteiger partial charge in [-0.2, -0.15) is 0 Å². The number of amides is 1. The summed E-state index contributed by atoms with van der Waals surface area (Å²) in [5.74, 6) is 2.57. The van der Waals surface area contributed by atoms with E-state index in [2.05, 4.69) is 32.4 Å². The van der Waals surface area contributed by atoms with Crippen molar-refractivity contribution in [2.45, 2.75) is 52.5 Å². The van der Waals surface area contributed by atoms with Crippen LogP contribution in [0.15, 0.2) is 12.4 Å². The van der Waals surface area contributed by atoms with Crippen LogP contribution < -0.4 is 15.5 Å². The first-order valence-corrected chi connectivity index (χ1v) is 8.68. The minimum absolute atomic E-state index is 0.161. The molecule has 1 aliphatic heterocycles. The lowest BCUT2D eigenvalue weighted by Crippen LogP contribution is -2.37. The Morgan fingerprint density at radius 3 is 3.00 bits per heavy atom. The molecule has 6 nitrogen and oxygen atoms in total. The van der Waals surface area contributed by atoms with Gasteiger partial charge in [0.05, 0.1) is 0 Å². The molecular formula is C17H29N5O. The van der Waals surface area contributed by atoms with Crippen molar-refractivity contribution in [3.05, 3.63) is 12.4 Å². The molecular weight excluding hydrogens is 290 g/mol. The number of nitrogens with zero attached hydrogens (tertiary/aromatic N) is 3. The highest BCUT2D eigenvalue weighted by Crippen LogP contribution is 2.25. The maximum absolute atomic E-state index is 11.8. The molecule has 2 heterocycles. The first kappa shape index (κ1) is 17.5. The van der Waals surface area contributed by atoms with Crippen LogP contribution >= 0.6 is 0 Å². The average Bonchev–Trinajstić information content (AvgIpc) is 2.53. The Balaban J connectivity index is 1.88. The highest BCUT2D eigenvalue weighted by atomic mass is 16.1. The molecule has 1 aromatic heterocycles. The molecule has 0 aliphatic carbocycles. The first-order chi connectivity index (χ1) is 11.1. The van der Waals surface area contributed by atoms with E-state index in [1.807, 2.05) is 19.9 Å². The standard InChI is InChI=1S/C17H29N5O/c1-4-18-15-10-16(20-12-19-15)22-9-5-6-14(11-22)7-8-17(23)21-13(2)3/h10,12-14H,4-9,11H2,1-3H3,(H,21,23)(H,18,19,20). The summed E-state index contributed by atoms with van der Waals surface area (Å²) < 4.78 is 0. The molecule has 1 unspecified atom stereocenters. The summed E-state index contributed by atoms with van der Waals surface area (Å²) in [4.78, 5) is 22.8. The molecule has 23 heavy (non-hydrogen) atoms. The number of rotatable bonds is 7. The molecule has 6 heteroatoms. The first-order valence-electron chi connectivity index (χ1n) is 8.68. The monoisotopic (exact) mass is 319 g/mol. The van der Waals surface area contributed by atoms with Crippen molar-refractivity contribution in [1.29, 1.82) is 0 Å². The van der Waals surface area contributed by atoms with Gasteiger partial charge in [-0.3, -0.25) is 4.79 Å². The normalized spacial score (nSPS) is 18.1. The summed E-state index contributed by atoms with van der Waals surface area (Å²) in [5.41, 5.74) is 0. The molecule has 0 spiro atoms. The van der Waals surface area contributed by atoms with E-state index in [9.17, 15) is 4.79 Å². The van der Waals surface area contributed by atoms with Gasteiger partial charge in [0.2, 0.25) is 5.91 Å². The van der Waals surface area contributed by atoms with Gasteiger partial charge in [0, 0.05) is 38.2 Å². The number of piperidine rings is 1. The SMILES string of the molecule is CCNc1cc(N2CCCC(CCC(=O)NC(C)C)C2)ncn1. The summed E-state index contributed by atoms with van der Waals surface area (Å²) >= 11 is 0. The number of aromatic nitrogens is 2. The average molecular weight is 319 g/mol. The second-order valence-electron chi connectivity index (χ2n) is 6.51. The second kappa shape index (κ2) is 8.70. The van der Waals surface area contributed by atoms with Crippen molar-refractivity contribution in [2.24, 2.45) is 5.92 Å². The third-order valence-corrected chi connectivity index (χ3v) is 4.08. The number of nitrogens with one attached hydrogen (secondary N) is 2. The molecule has 1 atom stereocenters. The molecule has 0 bridgehead atoms. The van der Waals surface area contributed by atoms with Crippen molar-refractivity contribution >= 4 is 17.5 Å². The fourth-order valence-corrected chi connectivity index (χ4v) is 3.04. The highest BCUT2D eigenvalue weighted by molar-refractivity contribution is 5.76. The minimum atomic E-state index is 0.161. The van der Waals surface area contributed by atoms with Gasteiger partial charge >= 0.3 is 0 Å². The summed E-state index contributed by atoms with van der Waals surface area (Å²) in [7, 11) is 0. The summed E-state index contributed by atoms with van der Waals surface area (Å²) in [6.45, 7) is 8.90. The fourth-order valence-electron chi connectivity index (χ4n) is 3.04. The van der Waals surface area contributed by atoms with Crippen LogP contribution in [-0.4, -0.2) is 41.6 Å². The van der Waals surface area contributed by atoms with Crippen molar-refractivity contribution in [3.8, 4) is 0 Å². The number of anilines is 2. The Hall–Kier alpha value is -1.85. The molecule has 0 radical (unpaired) electrons. The maximum atomic E-state index is 11.8. The van der Waals surface area contributed by atoms with E-state index in [0.717, 1.165) is 44.1 Å². The number of carbonyl (C=O) groups is 1. The lowest BCUT2D eigenvalue weighted by molar-refractivity contribution is -0.121. The van der Waals surface area contributed by atoms with Crippen LogP contribution in [0.2, 0.25) is 0 Å². The number of carbonyl (C=O) groups excluding carboxylic acids is 1. The van der Waals surface area contributed by atoms with Gasteiger partial charge in [-0.25, -0.2) is 9.97 Å². The zero-order valence-corrected chi connectivity index (χ0v) is 14.5. The van der Waals surface area contributed by atoms with Gasteiger partial charge in [-0.15, -0.1) is 0 Å². The number of hydrogen-bond acceptors (Lipinski definition) is 5. The van der Waals surface area contributed by atoms with E-state index in [-0.39, 0.29) is 11.9 Å². The van der Waals surface area contributed by atoms with Crippen LogP contribution in [0.25, 0.3) is 0 Å². The zero-order valence-electron chi connectivity index (χ0n) is 14.5. The summed E-state index contributed by atoms with van der Waals surface area (Å²) in [6, 6.07) is 2.23.